The summed E-state index contributed by atoms with van der Waals surface area (Å²) >= 11 is 0. The van der Waals surface area contributed by atoms with E-state index in [4.69, 9.17) is 9.47 Å². The Morgan fingerprint density at radius 2 is 1.82 bits per heavy atom. The molecule has 6 nitrogen and oxygen atoms in total. The lowest BCUT2D eigenvalue weighted by Gasteiger charge is -2.25. The van der Waals surface area contributed by atoms with Crippen LogP contribution in [0.1, 0.15) is 13.3 Å². The first kappa shape index (κ1) is 13.9. The standard InChI is InChI=1S/C11H19NO5/c1-10(13)16-8-9-17-11(14)2-3-12-4-6-15-7-5-12/h2-9H2,1H3. The van der Waals surface area contributed by atoms with Crippen molar-refractivity contribution in [3.63, 3.8) is 0 Å². The second-order valence-electron chi connectivity index (χ2n) is 3.76. The molecule has 0 aromatic rings. The van der Waals surface area contributed by atoms with E-state index in [-0.39, 0.29) is 25.2 Å². The van der Waals surface area contributed by atoms with Gasteiger partial charge in [0, 0.05) is 26.6 Å². The van der Waals surface area contributed by atoms with Gasteiger partial charge in [-0.05, 0) is 0 Å². The van der Waals surface area contributed by atoms with Crippen LogP contribution in [0.4, 0.5) is 0 Å². The van der Waals surface area contributed by atoms with Crippen molar-refractivity contribution in [2.24, 2.45) is 0 Å². The molecule has 0 N–H and O–H groups in total. The maximum atomic E-state index is 11.3. The first-order chi connectivity index (χ1) is 8.18. The highest BCUT2D eigenvalue weighted by atomic mass is 16.6. The summed E-state index contributed by atoms with van der Waals surface area (Å²) in [5.41, 5.74) is 0. The van der Waals surface area contributed by atoms with Crippen LogP contribution in [0.3, 0.4) is 0 Å². The SMILES string of the molecule is CC(=O)OCCOC(=O)CCN1CCOCC1. The van der Waals surface area contributed by atoms with Crippen LogP contribution in [0.15, 0.2) is 0 Å². The van der Waals surface area contributed by atoms with E-state index in [1.807, 2.05) is 0 Å². The highest BCUT2D eigenvalue weighted by Gasteiger charge is 2.12. The van der Waals surface area contributed by atoms with Gasteiger partial charge in [-0.1, -0.05) is 0 Å². The van der Waals surface area contributed by atoms with Crippen LogP contribution in [-0.2, 0) is 23.8 Å². The van der Waals surface area contributed by atoms with Gasteiger partial charge in [0.05, 0.1) is 19.6 Å². The van der Waals surface area contributed by atoms with Gasteiger partial charge in [-0.3, -0.25) is 14.5 Å². The lowest BCUT2D eigenvalue weighted by Crippen LogP contribution is -2.37. The topological polar surface area (TPSA) is 65.1 Å². The summed E-state index contributed by atoms with van der Waals surface area (Å²) in [6, 6.07) is 0. The predicted octanol–water partition coefficient (Wildman–Crippen LogP) is -0.185. The second-order valence-corrected chi connectivity index (χ2v) is 3.76. The number of morpholine rings is 1. The minimum absolute atomic E-state index is 0.124. The molecule has 98 valence electrons. The summed E-state index contributed by atoms with van der Waals surface area (Å²) in [6.07, 6.45) is 0.361. The third-order valence-corrected chi connectivity index (χ3v) is 2.39. The van der Waals surface area contributed by atoms with Crippen molar-refractivity contribution in [2.45, 2.75) is 13.3 Å². The summed E-state index contributed by atoms with van der Waals surface area (Å²) < 4.78 is 14.8. The van der Waals surface area contributed by atoms with E-state index >= 15 is 0 Å². The Morgan fingerprint density at radius 1 is 1.18 bits per heavy atom. The maximum Gasteiger partial charge on any atom is 0.307 e. The van der Waals surface area contributed by atoms with Crippen LogP contribution in [0.5, 0.6) is 0 Å². The molecule has 0 radical (unpaired) electrons. The van der Waals surface area contributed by atoms with Crippen molar-refractivity contribution in [1.29, 1.82) is 0 Å². The van der Waals surface area contributed by atoms with E-state index in [2.05, 4.69) is 9.64 Å². The maximum absolute atomic E-state index is 11.3. The highest BCUT2D eigenvalue weighted by molar-refractivity contribution is 5.69. The van der Waals surface area contributed by atoms with E-state index in [9.17, 15) is 9.59 Å². The van der Waals surface area contributed by atoms with Crippen molar-refractivity contribution in [1.82, 2.24) is 4.90 Å². The molecule has 0 unspecified atom stereocenters. The van der Waals surface area contributed by atoms with Gasteiger partial charge in [0.25, 0.3) is 0 Å². The van der Waals surface area contributed by atoms with Crippen LogP contribution < -0.4 is 0 Å². The molecule has 0 aliphatic carbocycles. The Balaban J connectivity index is 1.98. The van der Waals surface area contributed by atoms with Crippen molar-refractivity contribution in [2.75, 3.05) is 46.1 Å². The van der Waals surface area contributed by atoms with Crippen molar-refractivity contribution in [3.05, 3.63) is 0 Å². The molecule has 1 saturated heterocycles. The van der Waals surface area contributed by atoms with Gasteiger partial charge in [0.15, 0.2) is 0 Å². The average Bonchev–Trinajstić information content (AvgIpc) is 2.33. The smallest absolute Gasteiger partial charge is 0.307 e. The molecule has 0 amide bonds. The van der Waals surface area contributed by atoms with Gasteiger partial charge < -0.3 is 14.2 Å². The van der Waals surface area contributed by atoms with Crippen LogP contribution >= 0.6 is 0 Å². The number of carbonyl (C=O) groups excluding carboxylic acids is 2. The fraction of sp³-hybridized carbons (Fsp3) is 0.818. The summed E-state index contributed by atoms with van der Waals surface area (Å²) in [6.45, 7) is 5.43. The molecule has 6 heteroatoms. The van der Waals surface area contributed by atoms with E-state index < -0.39 is 0 Å². The van der Waals surface area contributed by atoms with Crippen molar-refractivity contribution >= 4 is 11.9 Å². The second kappa shape index (κ2) is 8.03. The number of nitrogens with zero attached hydrogens (tertiary/aromatic N) is 1. The minimum atomic E-state index is -0.366. The Hall–Kier alpha value is -1.14. The van der Waals surface area contributed by atoms with Gasteiger partial charge in [0.1, 0.15) is 13.2 Å². The van der Waals surface area contributed by atoms with Gasteiger partial charge in [-0.15, -0.1) is 0 Å². The van der Waals surface area contributed by atoms with Crippen LogP contribution in [-0.4, -0.2) is 62.9 Å². The first-order valence-electron chi connectivity index (χ1n) is 5.77. The largest absolute Gasteiger partial charge is 0.462 e. The summed E-state index contributed by atoms with van der Waals surface area (Å²) in [5, 5.41) is 0. The number of rotatable bonds is 6. The number of hydrogen-bond donors (Lipinski definition) is 0. The third-order valence-electron chi connectivity index (χ3n) is 2.39. The average molecular weight is 245 g/mol. The van der Waals surface area contributed by atoms with Gasteiger partial charge in [-0.2, -0.15) is 0 Å². The molecule has 1 heterocycles. The number of carbonyl (C=O) groups is 2. The molecule has 1 rings (SSSR count). The van der Waals surface area contributed by atoms with Gasteiger partial charge >= 0.3 is 11.9 Å². The molecule has 1 aliphatic rings. The molecule has 0 bridgehead atoms. The zero-order valence-electron chi connectivity index (χ0n) is 10.1. The predicted molar refractivity (Wildman–Crippen MR) is 59.5 cm³/mol. The molecular formula is C11H19NO5. The molecule has 0 spiro atoms. The molecule has 0 aromatic heterocycles. The minimum Gasteiger partial charge on any atom is -0.462 e. The zero-order chi connectivity index (χ0) is 12.5. The fourth-order valence-corrected chi connectivity index (χ4v) is 1.49. The summed E-state index contributed by atoms with van der Waals surface area (Å²) in [7, 11) is 0. The van der Waals surface area contributed by atoms with Gasteiger partial charge in [0.2, 0.25) is 0 Å². The summed E-state index contributed by atoms with van der Waals surface area (Å²) in [4.78, 5) is 23.9. The number of esters is 2. The van der Waals surface area contributed by atoms with E-state index in [1.54, 1.807) is 0 Å². The van der Waals surface area contributed by atoms with E-state index in [1.165, 1.54) is 6.92 Å². The van der Waals surface area contributed by atoms with E-state index in [0.717, 1.165) is 26.3 Å². The number of ether oxygens (including phenoxy) is 3. The van der Waals surface area contributed by atoms with Crippen molar-refractivity contribution in [3.8, 4) is 0 Å². The third kappa shape index (κ3) is 6.91. The molecule has 0 saturated carbocycles. The molecule has 0 aromatic carbocycles. The molecular weight excluding hydrogens is 226 g/mol. The number of hydrogen-bond acceptors (Lipinski definition) is 6. The van der Waals surface area contributed by atoms with E-state index in [0.29, 0.717) is 13.0 Å². The normalized spacial score (nSPS) is 16.5. The zero-order valence-corrected chi connectivity index (χ0v) is 10.1. The Bertz CT molecular complexity index is 250. The lowest BCUT2D eigenvalue weighted by atomic mass is 10.3. The highest BCUT2D eigenvalue weighted by Crippen LogP contribution is 1.99. The quantitative estimate of drug-likeness (QED) is 0.477. The molecule has 1 fully saturated rings. The lowest BCUT2D eigenvalue weighted by molar-refractivity contribution is -0.151. The molecule has 17 heavy (non-hydrogen) atoms. The van der Waals surface area contributed by atoms with Crippen LogP contribution in [0.25, 0.3) is 0 Å². The fourth-order valence-electron chi connectivity index (χ4n) is 1.49. The molecule has 0 atom stereocenters. The van der Waals surface area contributed by atoms with Gasteiger partial charge in [-0.25, -0.2) is 0 Å². The van der Waals surface area contributed by atoms with Crippen molar-refractivity contribution < 1.29 is 23.8 Å². The monoisotopic (exact) mass is 245 g/mol. The Kier molecular flexibility index (Phi) is 6.57. The summed E-state index contributed by atoms with van der Waals surface area (Å²) in [5.74, 6) is -0.627. The van der Waals surface area contributed by atoms with Crippen LogP contribution in [0, 0.1) is 0 Å². The molecule has 1 aliphatic heterocycles. The Labute approximate surface area is 101 Å². The first-order valence-corrected chi connectivity index (χ1v) is 5.77. The Morgan fingerprint density at radius 3 is 2.47 bits per heavy atom. The van der Waals surface area contributed by atoms with Crippen LogP contribution in [0.2, 0.25) is 0 Å².